The molecule has 5 heteroatoms. The van der Waals surface area contributed by atoms with Gasteiger partial charge in [0.15, 0.2) is 0 Å². The van der Waals surface area contributed by atoms with Crippen molar-refractivity contribution in [2.24, 2.45) is 0 Å². The Balaban J connectivity index is 2.04. The van der Waals surface area contributed by atoms with Crippen LogP contribution in [0.1, 0.15) is 60.7 Å². The van der Waals surface area contributed by atoms with E-state index < -0.39 is 0 Å². The maximum absolute atomic E-state index is 12.5. The molecule has 2 aromatic rings. The fraction of sp³-hybridized carbons (Fsp3) is 0.364. The smallest absolute Gasteiger partial charge is 0.255 e. The molecule has 2 amide bonds. The molecule has 0 aliphatic heterocycles. The number of amides is 2. The first-order valence-corrected chi connectivity index (χ1v) is 9.48. The molecule has 144 valence electrons. The van der Waals surface area contributed by atoms with Crippen LogP contribution in [-0.4, -0.2) is 24.5 Å². The maximum atomic E-state index is 12.5. The minimum atomic E-state index is -0.240. The number of carbonyl (C=O) groups excluding carboxylic acids is 2. The summed E-state index contributed by atoms with van der Waals surface area (Å²) in [6.45, 7) is 6.71. The van der Waals surface area contributed by atoms with Gasteiger partial charge in [0.2, 0.25) is 0 Å². The molecule has 0 heterocycles. The average Bonchev–Trinajstić information content (AvgIpc) is 2.68. The molecule has 0 aliphatic rings. The monoisotopic (exact) mass is 368 g/mol. The van der Waals surface area contributed by atoms with E-state index in [9.17, 15) is 9.59 Å². The van der Waals surface area contributed by atoms with Gasteiger partial charge in [0.25, 0.3) is 11.8 Å². The van der Waals surface area contributed by atoms with Gasteiger partial charge in [0.1, 0.15) is 5.75 Å². The first-order chi connectivity index (χ1) is 13.0. The zero-order valence-corrected chi connectivity index (χ0v) is 16.2. The predicted octanol–water partition coefficient (Wildman–Crippen LogP) is 4.65. The van der Waals surface area contributed by atoms with Crippen molar-refractivity contribution in [3.8, 4) is 5.75 Å². The molecule has 5 nitrogen and oxygen atoms in total. The van der Waals surface area contributed by atoms with Crippen LogP contribution in [0.25, 0.3) is 0 Å². The SMILES string of the molecule is CCCCOc1cccc(C(=O)Nc2cccc(C(=O)NC(C)CC)c2)c1. The minimum Gasteiger partial charge on any atom is -0.494 e. The van der Waals surface area contributed by atoms with Crippen LogP contribution in [0.15, 0.2) is 48.5 Å². The van der Waals surface area contributed by atoms with Crippen molar-refractivity contribution in [2.75, 3.05) is 11.9 Å². The van der Waals surface area contributed by atoms with Gasteiger partial charge >= 0.3 is 0 Å². The zero-order valence-electron chi connectivity index (χ0n) is 16.2. The van der Waals surface area contributed by atoms with Crippen LogP contribution in [0.5, 0.6) is 5.75 Å². The van der Waals surface area contributed by atoms with Crippen molar-refractivity contribution in [1.82, 2.24) is 5.32 Å². The van der Waals surface area contributed by atoms with Gasteiger partial charge in [0.05, 0.1) is 6.61 Å². The second-order valence-electron chi connectivity index (χ2n) is 6.55. The number of unbranched alkanes of at least 4 members (excludes halogenated alkanes) is 1. The number of hydrogen-bond acceptors (Lipinski definition) is 3. The summed E-state index contributed by atoms with van der Waals surface area (Å²) in [4.78, 5) is 24.8. The Morgan fingerprint density at radius 1 is 1.00 bits per heavy atom. The third-order valence-corrected chi connectivity index (χ3v) is 4.24. The molecule has 2 rings (SSSR count). The van der Waals surface area contributed by atoms with Gasteiger partial charge < -0.3 is 15.4 Å². The molecule has 0 bridgehead atoms. The molecule has 0 fully saturated rings. The highest BCUT2D eigenvalue weighted by atomic mass is 16.5. The maximum Gasteiger partial charge on any atom is 0.255 e. The third-order valence-electron chi connectivity index (χ3n) is 4.24. The first-order valence-electron chi connectivity index (χ1n) is 9.48. The normalized spacial score (nSPS) is 11.5. The van der Waals surface area contributed by atoms with Gasteiger partial charge in [-0.1, -0.05) is 32.4 Å². The first kappa shape index (κ1) is 20.5. The zero-order chi connectivity index (χ0) is 19.6. The largest absolute Gasteiger partial charge is 0.494 e. The number of hydrogen-bond donors (Lipinski definition) is 2. The van der Waals surface area contributed by atoms with Gasteiger partial charge in [-0.05, 0) is 56.2 Å². The summed E-state index contributed by atoms with van der Waals surface area (Å²) in [5, 5.41) is 5.76. The van der Waals surface area contributed by atoms with Crippen LogP contribution in [0.3, 0.4) is 0 Å². The fourth-order valence-electron chi connectivity index (χ4n) is 2.41. The molecule has 0 saturated carbocycles. The van der Waals surface area contributed by atoms with E-state index in [0.29, 0.717) is 29.2 Å². The van der Waals surface area contributed by atoms with Crippen LogP contribution in [0, 0.1) is 0 Å². The van der Waals surface area contributed by atoms with Crippen LogP contribution in [0.4, 0.5) is 5.69 Å². The molecule has 0 radical (unpaired) electrons. The van der Waals surface area contributed by atoms with Gasteiger partial charge in [-0.25, -0.2) is 0 Å². The van der Waals surface area contributed by atoms with Crippen molar-refractivity contribution >= 4 is 17.5 Å². The second-order valence-corrected chi connectivity index (χ2v) is 6.55. The number of ether oxygens (including phenoxy) is 1. The number of rotatable bonds is 9. The van der Waals surface area contributed by atoms with E-state index >= 15 is 0 Å². The Kier molecular flexibility index (Phi) is 7.86. The van der Waals surface area contributed by atoms with Gasteiger partial charge in [-0.2, -0.15) is 0 Å². The van der Waals surface area contributed by atoms with E-state index in [-0.39, 0.29) is 17.9 Å². The lowest BCUT2D eigenvalue weighted by atomic mass is 10.1. The molecule has 2 aromatic carbocycles. The standard InChI is InChI=1S/C22H28N2O3/c1-4-6-13-27-20-12-8-10-18(15-20)22(26)24-19-11-7-9-17(14-19)21(25)23-16(3)5-2/h7-12,14-16H,4-6,13H2,1-3H3,(H,23,25)(H,24,26). The number of benzene rings is 2. The summed E-state index contributed by atoms with van der Waals surface area (Å²) in [5.74, 6) is 0.292. The molecule has 27 heavy (non-hydrogen) atoms. The van der Waals surface area contributed by atoms with E-state index in [4.69, 9.17) is 4.74 Å². The average molecular weight is 368 g/mol. The van der Waals surface area contributed by atoms with E-state index in [0.717, 1.165) is 19.3 Å². The summed E-state index contributed by atoms with van der Waals surface area (Å²) in [6.07, 6.45) is 2.89. The highest BCUT2D eigenvalue weighted by molar-refractivity contribution is 6.05. The lowest BCUT2D eigenvalue weighted by Crippen LogP contribution is -2.31. The van der Waals surface area contributed by atoms with E-state index in [1.54, 1.807) is 42.5 Å². The molecule has 1 unspecified atom stereocenters. The Labute approximate surface area is 161 Å². The van der Waals surface area contributed by atoms with Crippen molar-refractivity contribution in [3.63, 3.8) is 0 Å². The second kappa shape index (κ2) is 10.4. The van der Waals surface area contributed by atoms with Crippen LogP contribution in [-0.2, 0) is 0 Å². The fourth-order valence-corrected chi connectivity index (χ4v) is 2.41. The lowest BCUT2D eigenvalue weighted by Gasteiger charge is -2.12. The van der Waals surface area contributed by atoms with Gasteiger partial charge in [-0.3, -0.25) is 9.59 Å². The molecule has 0 spiro atoms. The quantitative estimate of drug-likeness (QED) is 0.633. The van der Waals surface area contributed by atoms with Crippen molar-refractivity contribution in [2.45, 2.75) is 46.1 Å². The van der Waals surface area contributed by atoms with E-state index in [2.05, 4.69) is 17.6 Å². The molecule has 0 aliphatic carbocycles. The third kappa shape index (κ3) is 6.44. The van der Waals surface area contributed by atoms with E-state index in [1.807, 2.05) is 19.9 Å². The number of nitrogens with one attached hydrogen (secondary N) is 2. The Morgan fingerprint density at radius 3 is 2.41 bits per heavy atom. The summed E-state index contributed by atoms with van der Waals surface area (Å²) in [5.41, 5.74) is 1.61. The Hall–Kier alpha value is -2.82. The van der Waals surface area contributed by atoms with Crippen LogP contribution >= 0.6 is 0 Å². The van der Waals surface area contributed by atoms with Crippen molar-refractivity contribution in [3.05, 3.63) is 59.7 Å². The Morgan fingerprint density at radius 2 is 1.70 bits per heavy atom. The number of carbonyl (C=O) groups is 2. The van der Waals surface area contributed by atoms with Crippen LogP contribution < -0.4 is 15.4 Å². The van der Waals surface area contributed by atoms with Crippen LogP contribution in [0.2, 0.25) is 0 Å². The minimum absolute atomic E-state index is 0.103. The molecule has 2 N–H and O–H groups in total. The molecule has 0 aromatic heterocycles. The topological polar surface area (TPSA) is 67.4 Å². The number of anilines is 1. The summed E-state index contributed by atoms with van der Waals surface area (Å²) in [7, 11) is 0. The highest BCUT2D eigenvalue weighted by Crippen LogP contribution is 2.17. The predicted molar refractivity (Wildman–Crippen MR) is 108 cm³/mol. The van der Waals surface area contributed by atoms with Gasteiger partial charge in [0, 0.05) is 22.9 Å². The highest BCUT2D eigenvalue weighted by Gasteiger charge is 2.11. The molecule has 0 saturated heterocycles. The summed E-state index contributed by atoms with van der Waals surface area (Å²) >= 11 is 0. The van der Waals surface area contributed by atoms with E-state index in [1.165, 1.54) is 0 Å². The summed E-state index contributed by atoms with van der Waals surface area (Å²) in [6, 6.07) is 14.1. The lowest BCUT2D eigenvalue weighted by molar-refractivity contribution is 0.0938. The van der Waals surface area contributed by atoms with Crippen molar-refractivity contribution in [1.29, 1.82) is 0 Å². The summed E-state index contributed by atoms with van der Waals surface area (Å²) < 4.78 is 5.65. The molecule has 1 atom stereocenters. The molecular formula is C22H28N2O3. The van der Waals surface area contributed by atoms with Gasteiger partial charge in [-0.15, -0.1) is 0 Å². The molecular weight excluding hydrogens is 340 g/mol. The Bertz CT molecular complexity index is 774. The van der Waals surface area contributed by atoms with Crippen molar-refractivity contribution < 1.29 is 14.3 Å².